The summed E-state index contributed by atoms with van der Waals surface area (Å²) < 4.78 is 32.6. The van der Waals surface area contributed by atoms with Gasteiger partial charge in [-0.2, -0.15) is 0 Å². The standard InChI is InChI=1S/C18H43IO5Si4/c1-25(2,3)20-13-14-15(22-26(4,5)6)16(23-27(7,8)9)17(18(19)21-14)24-28(10,11)12/h14-18H,13H2,1-12H3/t14-,15-,16+,17-,18+/m1/s1. The number of hydrogen-bond donors (Lipinski definition) is 0. The van der Waals surface area contributed by atoms with E-state index in [1.54, 1.807) is 0 Å². The highest BCUT2D eigenvalue weighted by Crippen LogP contribution is 2.36. The molecule has 1 fully saturated rings. The van der Waals surface area contributed by atoms with Crippen LogP contribution in [0, 0.1) is 0 Å². The van der Waals surface area contributed by atoms with Gasteiger partial charge in [-0.25, -0.2) is 0 Å². The first kappa shape index (κ1) is 27.4. The minimum absolute atomic E-state index is 0.0811. The van der Waals surface area contributed by atoms with Crippen molar-refractivity contribution in [1.82, 2.24) is 0 Å². The summed E-state index contributed by atoms with van der Waals surface area (Å²) in [4.78, 5) is 0. The molecule has 0 bridgehead atoms. The third-order valence-electron chi connectivity index (χ3n) is 3.73. The number of ether oxygens (including phenoxy) is 1. The van der Waals surface area contributed by atoms with E-state index in [0.29, 0.717) is 6.61 Å². The van der Waals surface area contributed by atoms with Crippen LogP contribution in [0.5, 0.6) is 0 Å². The van der Waals surface area contributed by atoms with Crippen molar-refractivity contribution < 1.29 is 22.4 Å². The Morgan fingerprint density at radius 2 is 1.00 bits per heavy atom. The third kappa shape index (κ3) is 10.6. The first-order chi connectivity index (χ1) is 12.3. The first-order valence-electron chi connectivity index (χ1n) is 10.2. The molecule has 168 valence electrons. The van der Waals surface area contributed by atoms with Crippen LogP contribution >= 0.6 is 22.6 Å². The van der Waals surface area contributed by atoms with Crippen LogP contribution in [0.3, 0.4) is 0 Å². The molecule has 1 saturated heterocycles. The van der Waals surface area contributed by atoms with Gasteiger partial charge in [-0.1, -0.05) is 0 Å². The molecule has 0 spiro atoms. The Hall–Kier alpha value is 1.40. The molecular weight excluding hydrogens is 535 g/mol. The maximum absolute atomic E-state index is 6.73. The lowest BCUT2D eigenvalue weighted by Gasteiger charge is -2.50. The predicted molar refractivity (Wildman–Crippen MR) is 137 cm³/mol. The maximum Gasteiger partial charge on any atom is 0.184 e. The quantitative estimate of drug-likeness (QED) is 0.201. The van der Waals surface area contributed by atoms with E-state index in [2.05, 4.69) is 101 Å². The van der Waals surface area contributed by atoms with Gasteiger partial charge in [0, 0.05) is 0 Å². The molecule has 0 unspecified atom stereocenters. The zero-order chi connectivity index (χ0) is 22.1. The summed E-state index contributed by atoms with van der Waals surface area (Å²) >= 11 is 2.37. The molecule has 0 aromatic heterocycles. The van der Waals surface area contributed by atoms with Gasteiger partial charge >= 0.3 is 0 Å². The Kier molecular flexibility index (Phi) is 9.70. The topological polar surface area (TPSA) is 46.2 Å². The van der Waals surface area contributed by atoms with Crippen molar-refractivity contribution in [2.75, 3.05) is 6.61 Å². The molecule has 1 heterocycles. The highest BCUT2D eigenvalue weighted by Gasteiger charge is 2.50. The van der Waals surface area contributed by atoms with Crippen molar-refractivity contribution in [2.45, 2.75) is 107 Å². The zero-order valence-electron chi connectivity index (χ0n) is 20.0. The van der Waals surface area contributed by atoms with Gasteiger partial charge in [0.25, 0.3) is 0 Å². The number of halogens is 1. The van der Waals surface area contributed by atoms with Crippen LogP contribution in [0.2, 0.25) is 78.6 Å². The molecule has 0 saturated carbocycles. The maximum atomic E-state index is 6.73. The Bertz CT molecular complexity index is 496. The number of rotatable bonds is 9. The summed E-state index contributed by atoms with van der Waals surface area (Å²) in [6.45, 7) is 27.2. The molecular formula is C18H43IO5Si4. The second-order valence-corrected chi connectivity index (χ2v) is 30.7. The molecule has 0 aromatic carbocycles. The Morgan fingerprint density at radius 3 is 1.39 bits per heavy atom. The van der Waals surface area contributed by atoms with E-state index in [9.17, 15) is 0 Å². The molecule has 0 aromatic rings. The summed E-state index contributed by atoms with van der Waals surface area (Å²) in [5.41, 5.74) is 0. The minimum atomic E-state index is -1.82. The summed E-state index contributed by atoms with van der Waals surface area (Å²) in [6, 6.07) is 0. The summed E-state index contributed by atoms with van der Waals surface area (Å²) in [5.74, 6) is 0. The van der Waals surface area contributed by atoms with Crippen molar-refractivity contribution in [3.05, 3.63) is 0 Å². The summed E-state index contributed by atoms with van der Waals surface area (Å²) in [7, 11) is -7.08. The van der Waals surface area contributed by atoms with Gasteiger partial charge in [-0.15, -0.1) is 0 Å². The Balaban J connectivity index is 3.26. The van der Waals surface area contributed by atoms with Gasteiger partial charge in [-0.3, -0.25) is 0 Å². The van der Waals surface area contributed by atoms with E-state index >= 15 is 0 Å². The van der Waals surface area contributed by atoms with Gasteiger partial charge in [0.2, 0.25) is 0 Å². The van der Waals surface area contributed by atoms with E-state index in [0.717, 1.165) is 0 Å². The van der Waals surface area contributed by atoms with Gasteiger partial charge in [0.05, 0.1) is 6.61 Å². The monoisotopic (exact) mass is 578 g/mol. The van der Waals surface area contributed by atoms with E-state index in [1.165, 1.54) is 0 Å². The fourth-order valence-corrected chi connectivity index (χ4v) is 8.09. The average Bonchev–Trinajstić information content (AvgIpc) is 2.39. The molecule has 5 nitrogen and oxygen atoms in total. The lowest BCUT2D eigenvalue weighted by molar-refractivity contribution is -0.184. The number of alkyl halides is 1. The first-order valence-corrected chi connectivity index (χ1v) is 25.1. The summed E-state index contributed by atoms with van der Waals surface area (Å²) in [6.07, 6.45) is -0.551. The van der Waals surface area contributed by atoms with Crippen molar-refractivity contribution >= 4 is 55.9 Å². The number of hydrogen-bond acceptors (Lipinski definition) is 5. The molecule has 0 amide bonds. The van der Waals surface area contributed by atoms with Crippen LogP contribution in [-0.4, -0.2) is 68.4 Å². The third-order valence-corrected chi connectivity index (χ3v) is 8.70. The SMILES string of the molecule is C[Si](C)(C)OC[C@H]1O[C@H](I)[C@H](O[Si](C)(C)C)[C@@H](O[Si](C)(C)C)[C@@H]1O[Si](C)(C)C. The lowest BCUT2D eigenvalue weighted by Crippen LogP contribution is -2.64. The zero-order valence-corrected chi connectivity index (χ0v) is 26.2. The second kappa shape index (κ2) is 9.90. The lowest BCUT2D eigenvalue weighted by atomic mass is 10.0. The van der Waals surface area contributed by atoms with Crippen LogP contribution in [0.1, 0.15) is 0 Å². The summed E-state index contributed by atoms with van der Waals surface area (Å²) in [5, 5.41) is 0. The van der Waals surface area contributed by atoms with Crippen LogP contribution < -0.4 is 0 Å². The van der Waals surface area contributed by atoms with Crippen molar-refractivity contribution in [3.63, 3.8) is 0 Å². The molecule has 28 heavy (non-hydrogen) atoms. The van der Waals surface area contributed by atoms with E-state index in [4.69, 9.17) is 22.4 Å². The van der Waals surface area contributed by atoms with Crippen LogP contribution in [-0.2, 0) is 22.4 Å². The van der Waals surface area contributed by atoms with Crippen LogP contribution in [0.15, 0.2) is 0 Å². The van der Waals surface area contributed by atoms with E-state index < -0.39 is 33.3 Å². The molecule has 1 aliphatic rings. The van der Waals surface area contributed by atoms with Gasteiger partial charge in [0.1, 0.15) is 28.5 Å². The van der Waals surface area contributed by atoms with Gasteiger partial charge < -0.3 is 22.4 Å². The van der Waals surface area contributed by atoms with E-state index in [-0.39, 0.29) is 28.5 Å². The smallest absolute Gasteiger partial charge is 0.184 e. The highest BCUT2D eigenvalue weighted by molar-refractivity contribution is 14.1. The fourth-order valence-electron chi connectivity index (χ4n) is 2.96. The van der Waals surface area contributed by atoms with Gasteiger partial charge in [0.15, 0.2) is 33.3 Å². The minimum Gasteiger partial charge on any atom is -0.415 e. The van der Waals surface area contributed by atoms with Crippen molar-refractivity contribution in [1.29, 1.82) is 0 Å². The average molecular weight is 579 g/mol. The molecule has 1 rings (SSSR count). The van der Waals surface area contributed by atoms with E-state index in [1.807, 2.05) is 0 Å². The van der Waals surface area contributed by atoms with Crippen LogP contribution in [0.25, 0.3) is 0 Å². The normalized spacial score (nSPS) is 30.5. The molecule has 1 aliphatic heterocycles. The highest BCUT2D eigenvalue weighted by atomic mass is 127. The molecule has 0 N–H and O–H groups in total. The molecule has 0 aliphatic carbocycles. The van der Waals surface area contributed by atoms with Crippen molar-refractivity contribution in [3.8, 4) is 0 Å². The van der Waals surface area contributed by atoms with Crippen LogP contribution in [0.4, 0.5) is 0 Å². The van der Waals surface area contributed by atoms with Gasteiger partial charge in [-0.05, 0) is 101 Å². The fraction of sp³-hybridized carbons (Fsp3) is 1.00. The predicted octanol–water partition coefficient (Wildman–Crippen LogP) is 5.66. The Morgan fingerprint density at radius 1 is 0.607 bits per heavy atom. The molecule has 0 radical (unpaired) electrons. The molecule has 5 atom stereocenters. The van der Waals surface area contributed by atoms with Crippen molar-refractivity contribution in [2.24, 2.45) is 0 Å². The second-order valence-electron chi connectivity index (χ2n) is 11.5. The Labute approximate surface area is 191 Å². The molecule has 10 heteroatoms. The largest absolute Gasteiger partial charge is 0.415 e.